The summed E-state index contributed by atoms with van der Waals surface area (Å²) < 4.78 is 10.5. The minimum Gasteiger partial charge on any atom is -0.489 e. The maximum atomic E-state index is 13.5. The molecule has 0 aliphatic heterocycles. The van der Waals surface area contributed by atoms with E-state index in [1.807, 2.05) is 30.3 Å². The molecule has 40 heavy (non-hydrogen) atoms. The quantitative estimate of drug-likeness (QED) is 0.171. The fourth-order valence-electron chi connectivity index (χ4n) is 4.87. The van der Waals surface area contributed by atoms with Crippen LogP contribution in [0, 0.1) is 20.8 Å². The standard InChI is InChI=1S/C33H33BrN4O2/c1-6-22(3)32-36-31-15-10-27(34)18-30(31)33(39)38(32)35-19-26-17-23(4)37(24(26)5)28-11-13-29(14-12-28)40-20-25-9-7-8-21(2)16-25/h7-19,22H,6,20H2,1-5H3/t22-/m0/s1. The predicted octanol–water partition coefficient (Wildman–Crippen LogP) is 7.85. The Kier molecular flexibility index (Phi) is 8.03. The van der Waals surface area contributed by atoms with E-state index in [4.69, 9.17) is 9.72 Å². The van der Waals surface area contributed by atoms with Gasteiger partial charge in [-0.2, -0.15) is 9.78 Å². The van der Waals surface area contributed by atoms with E-state index >= 15 is 0 Å². The molecular weight excluding hydrogens is 564 g/mol. The first-order valence-electron chi connectivity index (χ1n) is 13.5. The molecule has 5 aromatic rings. The van der Waals surface area contributed by atoms with Crippen molar-refractivity contribution in [3.63, 3.8) is 0 Å². The highest BCUT2D eigenvalue weighted by molar-refractivity contribution is 9.10. The molecule has 0 N–H and O–H groups in total. The molecule has 0 saturated carbocycles. The van der Waals surface area contributed by atoms with E-state index in [0.717, 1.165) is 44.8 Å². The molecule has 0 bridgehead atoms. The van der Waals surface area contributed by atoms with Gasteiger partial charge in [-0.3, -0.25) is 4.79 Å². The van der Waals surface area contributed by atoms with Crippen LogP contribution >= 0.6 is 15.9 Å². The van der Waals surface area contributed by atoms with Gasteiger partial charge < -0.3 is 9.30 Å². The number of benzene rings is 3. The summed E-state index contributed by atoms with van der Waals surface area (Å²) in [4.78, 5) is 18.3. The van der Waals surface area contributed by atoms with Gasteiger partial charge >= 0.3 is 0 Å². The first-order chi connectivity index (χ1) is 19.2. The van der Waals surface area contributed by atoms with Crippen LogP contribution in [0.25, 0.3) is 16.6 Å². The zero-order chi connectivity index (χ0) is 28.4. The van der Waals surface area contributed by atoms with E-state index < -0.39 is 0 Å². The molecule has 204 valence electrons. The van der Waals surface area contributed by atoms with Gasteiger partial charge in [0, 0.05) is 33.0 Å². The molecule has 2 heterocycles. The van der Waals surface area contributed by atoms with Crippen molar-refractivity contribution >= 4 is 33.0 Å². The zero-order valence-electron chi connectivity index (χ0n) is 23.5. The zero-order valence-corrected chi connectivity index (χ0v) is 25.1. The van der Waals surface area contributed by atoms with Gasteiger partial charge in [-0.1, -0.05) is 59.6 Å². The third-order valence-corrected chi connectivity index (χ3v) is 7.75. The highest BCUT2D eigenvalue weighted by Gasteiger charge is 2.16. The molecule has 1 atom stereocenters. The fraction of sp³-hybridized carbons (Fsp3) is 0.242. The summed E-state index contributed by atoms with van der Waals surface area (Å²) in [5.41, 5.74) is 6.95. The van der Waals surface area contributed by atoms with Crippen LogP contribution in [0.2, 0.25) is 0 Å². The topological polar surface area (TPSA) is 61.4 Å². The molecule has 0 amide bonds. The maximum absolute atomic E-state index is 13.5. The van der Waals surface area contributed by atoms with Gasteiger partial charge in [0.1, 0.15) is 18.2 Å². The van der Waals surface area contributed by atoms with Crippen LogP contribution in [0.3, 0.4) is 0 Å². The lowest BCUT2D eigenvalue weighted by Crippen LogP contribution is -2.23. The number of aromatic nitrogens is 3. The van der Waals surface area contributed by atoms with Gasteiger partial charge in [0.25, 0.3) is 5.56 Å². The Morgan fingerprint density at radius 2 is 1.80 bits per heavy atom. The molecule has 0 unspecified atom stereocenters. The van der Waals surface area contributed by atoms with Crippen molar-refractivity contribution in [1.82, 2.24) is 14.2 Å². The van der Waals surface area contributed by atoms with Gasteiger partial charge in [0.05, 0.1) is 17.1 Å². The van der Waals surface area contributed by atoms with Gasteiger partial charge in [-0.15, -0.1) is 0 Å². The van der Waals surface area contributed by atoms with Crippen LogP contribution in [-0.4, -0.2) is 20.4 Å². The highest BCUT2D eigenvalue weighted by atomic mass is 79.9. The molecule has 0 saturated heterocycles. The van der Waals surface area contributed by atoms with Crippen LogP contribution in [0.4, 0.5) is 0 Å². The summed E-state index contributed by atoms with van der Waals surface area (Å²) in [5, 5.41) is 5.21. The van der Waals surface area contributed by atoms with Crippen LogP contribution in [0.5, 0.6) is 5.75 Å². The number of ether oxygens (including phenoxy) is 1. The van der Waals surface area contributed by atoms with Crippen molar-refractivity contribution in [3.05, 3.63) is 122 Å². The number of fused-ring (bicyclic) bond motifs is 1. The molecule has 0 radical (unpaired) electrons. The average molecular weight is 598 g/mol. The van der Waals surface area contributed by atoms with E-state index in [9.17, 15) is 4.79 Å². The van der Waals surface area contributed by atoms with Crippen molar-refractivity contribution in [3.8, 4) is 11.4 Å². The molecular formula is C33H33BrN4O2. The van der Waals surface area contributed by atoms with Gasteiger partial charge in [-0.05, 0) is 81.3 Å². The second-order valence-electron chi connectivity index (χ2n) is 10.2. The molecule has 3 aromatic carbocycles. The molecule has 0 spiro atoms. The molecule has 0 aliphatic carbocycles. The first kappa shape index (κ1) is 27.6. The molecule has 6 nitrogen and oxygen atoms in total. The Labute approximate surface area is 243 Å². The van der Waals surface area contributed by atoms with Crippen molar-refractivity contribution in [2.45, 2.75) is 53.6 Å². The lowest BCUT2D eigenvalue weighted by molar-refractivity contribution is 0.306. The van der Waals surface area contributed by atoms with E-state index in [2.05, 4.69) is 96.6 Å². The van der Waals surface area contributed by atoms with Crippen LogP contribution < -0.4 is 10.3 Å². The average Bonchev–Trinajstić information content (AvgIpc) is 3.23. The van der Waals surface area contributed by atoms with E-state index in [1.54, 1.807) is 12.3 Å². The van der Waals surface area contributed by atoms with Gasteiger partial charge in [0.15, 0.2) is 0 Å². The highest BCUT2D eigenvalue weighted by Crippen LogP contribution is 2.24. The second kappa shape index (κ2) is 11.6. The summed E-state index contributed by atoms with van der Waals surface area (Å²) in [7, 11) is 0. The van der Waals surface area contributed by atoms with E-state index in [-0.39, 0.29) is 11.5 Å². The summed E-state index contributed by atoms with van der Waals surface area (Å²) >= 11 is 3.47. The number of halogens is 1. The molecule has 0 fully saturated rings. The lowest BCUT2D eigenvalue weighted by Gasteiger charge is -2.14. The number of hydrogen-bond donors (Lipinski definition) is 0. The normalized spacial score (nSPS) is 12.3. The Morgan fingerprint density at radius 3 is 2.52 bits per heavy atom. The van der Waals surface area contributed by atoms with Crippen molar-refractivity contribution in [2.24, 2.45) is 5.10 Å². The second-order valence-corrected chi connectivity index (χ2v) is 11.2. The van der Waals surface area contributed by atoms with Gasteiger partial charge in [0.2, 0.25) is 0 Å². The summed E-state index contributed by atoms with van der Waals surface area (Å²) in [6.07, 6.45) is 2.61. The van der Waals surface area contributed by atoms with Gasteiger partial charge in [-0.25, -0.2) is 4.98 Å². The van der Waals surface area contributed by atoms with Crippen LogP contribution in [0.15, 0.2) is 87.2 Å². The fourth-order valence-corrected chi connectivity index (χ4v) is 5.24. The maximum Gasteiger partial charge on any atom is 0.282 e. The van der Waals surface area contributed by atoms with Crippen molar-refractivity contribution < 1.29 is 4.74 Å². The summed E-state index contributed by atoms with van der Waals surface area (Å²) in [6.45, 7) is 10.9. The monoisotopic (exact) mass is 596 g/mol. The number of hydrogen-bond acceptors (Lipinski definition) is 4. The number of aryl methyl sites for hydroxylation is 2. The molecule has 7 heteroatoms. The third kappa shape index (κ3) is 5.65. The molecule has 2 aromatic heterocycles. The van der Waals surface area contributed by atoms with Crippen LogP contribution in [0.1, 0.15) is 60.1 Å². The molecule has 0 aliphatic rings. The Morgan fingerprint density at radius 1 is 1.02 bits per heavy atom. The van der Waals surface area contributed by atoms with Crippen LogP contribution in [-0.2, 0) is 6.61 Å². The summed E-state index contributed by atoms with van der Waals surface area (Å²) in [5.74, 6) is 1.56. The Hall–Kier alpha value is -3.97. The predicted molar refractivity (Wildman–Crippen MR) is 166 cm³/mol. The van der Waals surface area contributed by atoms with E-state index in [0.29, 0.717) is 23.3 Å². The van der Waals surface area contributed by atoms with Crippen molar-refractivity contribution in [1.29, 1.82) is 0 Å². The Bertz CT molecular complexity index is 1770. The Balaban J connectivity index is 1.43. The van der Waals surface area contributed by atoms with Crippen molar-refractivity contribution in [2.75, 3.05) is 0 Å². The lowest BCUT2D eigenvalue weighted by atomic mass is 10.1. The number of rotatable bonds is 8. The third-order valence-electron chi connectivity index (χ3n) is 7.25. The first-order valence-corrected chi connectivity index (χ1v) is 14.3. The largest absolute Gasteiger partial charge is 0.489 e. The smallest absolute Gasteiger partial charge is 0.282 e. The summed E-state index contributed by atoms with van der Waals surface area (Å²) in [6, 6.07) is 24.1. The minimum absolute atomic E-state index is 0.0805. The van der Waals surface area contributed by atoms with E-state index in [1.165, 1.54) is 10.2 Å². The SMILES string of the molecule is CC[C@H](C)c1nc2ccc(Br)cc2c(=O)n1N=Cc1cc(C)n(-c2ccc(OCc3cccc(C)c3)cc2)c1C. The number of nitrogens with zero attached hydrogens (tertiary/aromatic N) is 4. The minimum atomic E-state index is -0.173. The molecule has 5 rings (SSSR count).